The van der Waals surface area contributed by atoms with E-state index in [1.165, 1.54) is 0 Å². The fraction of sp³-hybridized carbons (Fsp3) is 0.286. The van der Waals surface area contributed by atoms with Gasteiger partial charge >= 0.3 is 0 Å². The van der Waals surface area contributed by atoms with Crippen molar-refractivity contribution in [2.45, 2.75) is 26.8 Å². The van der Waals surface area contributed by atoms with Gasteiger partial charge in [0, 0.05) is 24.0 Å². The van der Waals surface area contributed by atoms with E-state index in [2.05, 4.69) is 10.3 Å². The topological polar surface area (TPSA) is 62.0 Å². The summed E-state index contributed by atoms with van der Waals surface area (Å²) in [5.41, 5.74) is 2.36. The maximum absolute atomic E-state index is 11.8. The van der Waals surface area contributed by atoms with Gasteiger partial charge in [-0.25, -0.2) is 0 Å². The van der Waals surface area contributed by atoms with Crippen LogP contribution in [0.5, 0.6) is 0 Å². The van der Waals surface area contributed by atoms with E-state index in [4.69, 9.17) is 0 Å². The molecule has 0 saturated heterocycles. The van der Waals surface area contributed by atoms with Gasteiger partial charge in [-0.15, -0.1) is 0 Å². The van der Waals surface area contributed by atoms with Crippen molar-refractivity contribution in [3.05, 3.63) is 45.7 Å². The molecule has 1 aromatic heterocycles. The fourth-order valence-corrected chi connectivity index (χ4v) is 1.81. The summed E-state index contributed by atoms with van der Waals surface area (Å²) in [4.78, 5) is 25.9. The van der Waals surface area contributed by atoms with Crippen LogP contribution in [-0.4, -0.2) is 10.9 Å². The zero-order valence-electron chi connectivity index (χ0n) is 10.5. The number of amides is 1. The second kappa shape index (κ2) is 5.04. The molecule has 18 heavy (non-hydrogen) atoms. The Hall–Kier alpha value is -2.10. The molecule has 0 spiro atoms. The quantitative estimate of drug-likeness (QED) is 0.865. The number of benzene rings is 1. The molecule has 4 nitrogen and oxygen atoms in total. The van der Waals surface area contributed by atoms with Gasteiger partial charge in [0.05, 0.1) is 0 Å². The second-order valence-electron chi connectivity index (χ2n) is 4.34. The number of hydrogen-bond acceptors (Lipinski definition) is 2. The third kappa shape index (κ3) is 2.59. The Morgan fingerprint density at radius 2 is 2.11 bits per heavy atom. The summed E-state index contributed by atoms with van der Waals surface area (Å²) in [6, 6.07) is 7.72. The minimum absolute atomic E-state index is 0.0570. The number of pyridine rings is 1. The summed E-state index contributed by atoms with van der Waals surface area (Å²) in [6.45, 7) is 4.03. The molecule has 1 heterocycles. The van der Waals surface area contributed by atoms with E-state index in [0.29, 0.717) is 12.0 Å². The molecule has 94 valence electrons. The molecule has 1 aromatic carbocycles. The standard InChI is InChI=1S/C14H16N2O2/c1-3-13(17)15-8-11-7-10-5-4-9(2)6-12(10)16-14(11)18/h4-7H,3,8H2,1-2H3,(H,15,17)(H,16,18). The molecule has 0 aliphatic heterocycles. The summed E-state index contributed by atoms with van der Waals surface area (Å²) in [7, 11) is 0. The summed E-state index contributed by atoms with van der Waals surface area (Å²) >= 11 is 0. The van der Waals surface area contributed by atoms with Crippen molar-refractivity contribution in [2.75, 3.05) is 0 Å². The summed E-state index contributed by atoms with van der Waals surface area (Å²) in [5, 5.41) is 3.68. The molecule has 2 aromatic rings. The van der Waals surface area contributed by atoms with Crippen molar-refractivity contribution >= 4 is 16.8 Å². The predicted molar refractivity (Wildman–Crippen MR) is 71.4 cm³/mol. The van der Waals surface area contributed by atoms with Crippen LogP contribution in [0.1, 0.15) is 24.5 Å². The van der Waals surface area contributed by atoms with E-state index in [1.807, 2.05) is 31.2 Å². The Morgan fingerprint density at radius 3 is 2.83 bits per heavy atom. The normalized spacial score (nSPS) is 10.6. The lowest BCUT2D eigenvalue weighted by Gasteiger charge is -2.05. The number of hydrogen-bond donors (Lipinski definition) is 2. The number of fused-ring (bicyclic) bond motifs is 1. The Labute approximate surface area is 105 Å². The van der Waals surface area contributed by atoms with E-state index >= 15 is 0 Å². The molecule has 2 N–H and O–H groups in total. The molecule has 1 amide bonds. The smallest absolute Gasteiger partial charge is 0.253 e. The van der Waals surface area contributed by atoms with Crippen molar-refractivity contribution in [3.8, 4) is 0 Å². The summed E-state index contributed by atoms with van der Waals surface area (Å²) in [5.74, 6) is -0.0570. The highest BCUT2D eigenvalue weighted by Crippen LogP contribution is 2.12. The average Bonchev–Trinajstić information content (AvgIpc) is 2.35. The molecule has 4 heteroatoms. The van der Waals surface area contributed by atoms with Crippen LogP contribution >= 0.6 is 0 Å². The van der Waals surface area contributed by atoms with Gasteiger partial charge in [0.15, 0.2) is 0 Å². The van der Waals surface area contributed by atoms with Crippen molar-refractivity contribution in [3.63, 3.8) is 0 Å². The monoisotopic (exact) mass is 244 g/mol. The Kier molecular flexibility index (Phi) is 3.46. The Morgan fingerprint density at radius 1 is 1.33 bits per heavy atom. The van der Waals surface area contributed by atoms with Gasteiger partial charge in [0.1, 0.15) is 0 Å². The first kappa shape index (κ1) is 12.4. The van der Waals surface area contributed by atoms with Crippen molar-refractivity contribution < 1.29 is 4.79 Å². The molecular weight excluding hydrogens is 228 g/mol. The molecule has 0 saturated carbocycles. The van der Waals surface area contributed by atoms with Crippen molar-refractivity contribution in [1.29, 1.82) is 0 Å². The number of aromatic nitrogens is 1. The van der Waals surface area contributed by atoms with Gasteiger partial charge in [-0.05, 0) is 30.0 Å². The molecule has 0 unspecified atom stereocenters. The van der Waals surface area contributed by atoms with Crippen molar-refractivity contribution in [1.82, 2.24) is 10.3 Å². The first-order chi connectivity index (χ1) is 8.60. The molecule has 0 radical (unpaired) electrons. The number of aryl methyl sites for hydroxylation is 1. The number of carbonyl (C=O) groups excluding carboxylic acids is 1. The second-order valence-corrected chi connectivity index (χ2v) is 4.34. The largest absolute Gasteiger partial charge is 0.352 e. The minimum atomic E-state index is -0.149. The minimum Gasteiger partial charge on any atom is -0.352 e. The van der Waals surface area contributed by atoms with Gasteiger partial charge in [-0.2, -0.15) is 0 Å². The maximum Gasteiger partial charge on any atom is 0.253 e. The third-order valence-electron chi connectivity index (χ3n) is 2.88. The third-order valence-corrected chi connectivity index (χ3v) is 2.88. The molecular formula is C14H16N2O2. The van der Waals surface area contributed by atoms with Gasteiger partial charge < -0.3 is 10.3 Å². The van der Waals surface area contributed by atoms with E-state index in [1.54, 1.807) is 6.92 Å². The SMILES string of the molecule is CCC(=O)NCc1cc2ccc(C)cc2[nH]c1=O. The van der Waals surface area contributed by atoms with Gasteiger partial charge in [-0.1, -0.05) is 19.1 Å². The van der Waals surface area contributed by atoms with Crippen molar-refractivity contribution in [2.24, 2.45) is 0 Å². The highest BCUT2D eigenvalue weighted by Gasteiger charge is 2.04. The van der Waals surface area contributed by atoms with Crippen LogP contribution in [0.3, 0.4) is 0 Å². The van der Waals surface area contributed by atoms with Crippen LogP contribution in [-0.2, 0) is 11.3 Å². The number of nitrogens with one attached hydrogen (secondary N) is 2. The fourth-order valence-electron chi connectivity index (χ4n) is 1.81. The Balaban J connectivity index is 2.35. The van der Waals surface area contributed by atoms with Gasteiger partial charge in [0.2, 0.25) is 5.91 Å². The number of carbonyl (C=O) groups is 1. The number of aromatic amines is 1. The first-order valence-corrected chi connectivity index (χ1v) is 5.99. The number of rotatable bonds is 3. The molecule has 0 fully saturated rings. The van der Waals surface area contributed by atoms with E-state index in [-0.39, 0.29) is 18.0 Å². The molecule has 0 atom stereocenters. The van der Waals surface area contributed by atoms with Crippen LogP contribution in [0.2, 0.25) is 0 Å². The average molecular weight is 244 g/mol. The van der Waals surface area contributed by atoms with Crippen LogP contribution in [0.4, 0.5) is 0 Å². The molecule has 0 aliphatic rings. The number of H-pyrrole nitrogens is 1. The lowest BCUT2D eigenvalue weighted by molar-refractivity contribution is -0.120. The van der Waals surface area contributed by atoms with Crippen LogP contribution < -0.4 is 10.9 Å². The van der Waals surface area contributed by atoms with Gasteiger partial charge in [-0.3, -0.25) is 9.59 Å². The first-order valence-electron chi connectivity index (χ1n) is 5.99. The maximum atomic E-state index is 11.8. The lowest BCUT2D eigenvalue weighted by Crippen LogP contribution is -2.25. The van der Waals surface area contributed by atoms with Gasteiger partial charge in [0.25, 0.3) is 5.56 Å². The molecule has 2 rings (SSSR count). The zero-order valence-corrected chi connectivity index (χ0v) is 10.5. The highest BCUT2D eigenvalue weighted by molar-refractivity contribution is 5.80. The van der Waals surface area contributed by atoms with Crippen LogP contribution in [0.15, 0.2) is 29.1 Å². The summed E-state index contributed by atoms with van der Waals surface area (Å²) < 4.78 is 0. The Bertz CT molecular complexity index is 644. The zero-order chi connectivity index (χ0) is 13.1. The molecule has 0 bridgehead atoms. The molecule has 0 aliphatic carbocycles. The van der Waals surface area contributed by atoms with E-state index in [0.717, 1.165) is 16.5 Å². The summed E-state index contributed by atoms with van der Waals surface area (Å²) in [6.07, 6.45) is 0.421. The highest BCUT2D eigenvalue weighted by atomic mass is 16.1. The van der Waals surface area contributed by atoms with Crippen LogP contribution in [0.25, 0.3) is 10.9 Å². The van der Waals surface area contributed by atoms with E-state index in [9.17, 15) is 9.59 Å². The van der Waals surface area contributed by atoms with Crippen LogP contribution in [0, 0.1) is 6.92 Å². The van der Waals surface area contributed by atoms with E-state index < -0.39 is 0 Å². The lowest BCUT2D eigenvalue weighted by atomic mass is 10.1. The predicted octanol–water partition coefficient (Wildman–Crippen LogP) is 1.86.